The lowest BCUT2D eigenvalue weighted by molar-refractivity contribution is -0.116. The number of carbonyl (C=O) groups excluding carboxylic acids is 1. The molecule has 0 N–H and O–H groups in total. The standard InChI is InChI=1S/C20H22BrN3OS2/c1-23(2)11-6-12-24(19(25)14-26-16-7-4-3-5-8-16)20-22-17-10-9-15(21)13-18(17)27-20/h3-5,7-10,13H,6,11-12,14H2,1-2H3. The Morgan fingerprint density at radius 1 is 1.15 bits per heavy atom. The fourth-order valence-corrected chi connectivity index (χ4v) is 4.97. The van der Waals surface area contributed by atoms with Gasteiger partial charge in [0.15, 0.2) is 5.13 Å². The van der Waals surface area contributed by atoms with Gasteiger partial charge in [0.25, 0.3) is 0 Å². The molecule has 1 aromatic heterocycles. The molecule has 2 aromatic carbocycles. The molecule has 142 valence electrons. The fraction of sp³-hybridized carbons (Fsp3) is 0.300. The van der Waals surface area contributed by atoms with Gasteiger partial charge in [-0.05, 0) is 57.4 Å². The van der Waals surface area contributed by atoms with E-state index in [9.17, 15) is 4.79 Å². The number of aromatic nitrogens is 1. The van der Waals surface area contributed by atoms with Gasteiger partial charge >= 0.3 is 0 Å². The summed E-state index contributed by atoms with van der Waals surface area (Å²) in [5, 5.41) is 0.778. The fourth-order valence-electron chi connectivity index (χ4n) is 2.61. The van der Waals surface area contributed by atoms with Gasteiger partial charge in [-0.25, -0.2) is 4.98 Å². The zero-order chi connectivity index (χ0) is 19.2. The molecule has 0 aliphatic carbocycles. The molecule has 0 spiro atoms. The largest absolute Gasteiger partial charge is 0.309 e. The third-order valence-corrected chi connectivity index (χ3v) is 6.49. The normalized spacial score (nSPS) is 11.3. The first-order chi connectivity index (χ1) is 13.0. The number of hydrogen-bond donors (Lipinski definition) is 0. The third-order valence-electron chi connectivity index (χ3n) is 3.96. The summed E-state index contributed by atoms with van der Waals surface area (Å²) in [5.74, 6) is 0.506. The van der Waals surface area contributed by atoms with E-state index in [1.165, 1.54) is 0 Å². The number of halogens is 1. The zero-order valence-electron chi connectivity index (χ0n) is 15.4. The highest BCUT2D eigenvalue weighted by Crippen LogP contribution is 2.31. The van der Waals surface area contributed by atoms with E-state index in [0.29, 0.717) is 12.3 Å². The average Bonchev–Trinajstić information content (AvgIpc) is 3.06. The smallest absolute Gasteiger partial charge is 0.239 e. The van der Waals surface area contributed by atoms with Gasteiger partial charge in [0.05, 0.1) is 16.0 Å². The molecule has 27 heavy (non-hydrogen) atoms. The molecule has 0 aliphatic heterocycles. The summed E-state index contributed by atoms with van der Waals surface area (Å²) >= 11 is 6.64. The van der Waals surface area contributed by atoms with Crippen LogP contribution in [-0.4, -0.2) is 48.7 Å². The van der Waals surface area contributed by atoms with Crippen molar-refractivity contribution >= 4 is 60.3 Å². The zero-order valence-corrected chi connectivity index (χ0v) is 18.6. The van der Waals surface area contributed by atoms with E-state index in [-0.39, 0.29) is 5.91 Å². The number of rotatable bonds is 8. The summed E-state index contributed by atoms with van der Waals surface area (Å²) < 4.78 is 2.11. The van der Waals surface area contributed by atoms with Crippen molar-refractivity contribution in [2.45, 2.75) is 11.3 Å². The number of anilines is 1. The minimum atomic E-state index is 0.0979. The van der Waals surface area contributed by atoms with Gasteiger partial charge in [-0.2, -0.15) is 0 Å². The molecular formula is C20H22BrN3OS2. The van der Waals surface area contributed by atoms with Gasteiger partial charge in [0, 0.05) is 15.9 Å². The van der Waals surface area contributed by atoms with Crippen LogP contribution in [0.5, 0.6) is 0 Å². The van der Waals surface area contributed by atoms with Gasteiger partial charge in [-0.1, -0.05) is 45.5 Å². The summed E-state index contributed by atoms with van der Waals surface area (Å²) in [6, 6.07) is 16.1. The molecule has 0 fully saturated rings. The summed E-state index contributed by atoms with van der Waals surface area (Å²) in [7, 11) is 4.10. The lowest BCUT2D eigenvalue weighted by Crippen LogP contribution is -2.34. The van der Waals surface area contributed by atoms with E-state index >= 15 is 0 Å². The van der Waals surface area contributed by atoms with Crippen LogP contribution in [0.25, 0.3) is 10.2 Å². The van der Waals surface area contributed by atoms with Crippen LogP contribution in [0.4, 0.5) is 5.13 Å². The van der Waals surface area contributed by atoms with Gasteiger partial charge in [0.2, 0.25) is 5.91 Å². The van der Waals surface area contributed by atoms with Gasteiger partial charge in [-0.15, -0.1) is 11.8 Å². The van der Waals surface area contributed by atoms with Crippen molar-refractivity contribution in [1.29, 1.82) is 0 Å². The third kappa shape index (κ3) is 5.78. The molecule has 4 nitrogen and oxygen atoms in total. The molecule has 0 saturated carbocycles. The summed E-state index contributed by atoms with van der Waals surface area (Å²) in [6.45, 7) is 1.61. The minimum Gasteiger partial charge on any atom is -0.309 e. The molecule has 0 atom stereocenters. The number of thiazole rings is 1. The van der Waals surface area contributed by atoms with Crippen LogP contribution in [0.15, 0.2) is 57.9 Å². The predicted octanol–water partition coefficient (Wildman–Crippen LogP) is 5.14. The Kier molecular flexibility index (Phi) is 7.29. The van der Waals surface area contributed by atoms with Crippen molar-refractivity contribution in [3.8, 4) is 0 Å². The van der Waals surface area contributed by atoms with Crippen LogP contribution in [0.1, 0.15) is 6.42 Å². The SMILES string of the molecule is CN(C)CCCN(C(=O)CSc1ccccc1)c1nc2ccc(Br)cc2s1. The maximum absolute atomic E-state index is 13.0. The van der Waals surface area contributed by atoms with Crippen molar-refractivity contribution in [3.05, 3.63) is 53.0 Å². The van der Waals surface area contributed by atoms with Crippen LogP contribution in [-0.2, 0) is 4.79 Å². The van der Waals surface area contributed by atoms with Crippen LogP contribution in [0.3, 0.4) is 0 Å². The first-order valence-electron chi connectivity index (χ1n) is 8.72. The topological polar surface area (TPSA) is 36.4 Å². The molecule has 3 rings (SSSR count). The van der Waals surface area contributed by atoms with Gasteiger partial charge in [-0.3, -0.25) is 9.69 Å². The lowest BCUT2D eigenvalue weighted by atomic mass is 10.3. The van der Waals surface area contributed by atoms with Crippen LogP contribution >= 0.6 is 39.0 Å². The number of benzene rings is 2. The summed E-state index contributed by atoms with van der Waals surface area (Å²) in [4.78, 5) is 22.8. The Bertz CT molecular complexity index is 899. The second-order valence-electron chi connectivity index (χ2n) is 6.41. The highest BCUT2D eigenvalue weighted by atomic mass is 79.9. The Hall–Kier alpha value is -1.41. The predicted molar refractivity (Wildman–Crippen MR) is 120 cm³/mol. The Labute approximate surface area is 176 Å². The van der Waals surface area contributed by atoms with E-state index in [1.807, 2.05) is 61.5 Å². The number of nitrogens with zero attached hydrogens (tertiary/aromatic N) is 3. The first-order valence-corrected chi connectivity index (χ1v) is 11.3. The van der Waals surface area contributed by atoms with E-state index in [0.717, 1.165) is 37.7 Å². The molecule has 1 amide bonds. The molecule has 0 saturated heterocycles. The van der Waals surface area contributed by atoms with E-state index in [1.54, 1.807) is 23.1 Å². The van der Waals surface area contributed by atoms with E-state index in [4.69, 9.17) is 4.98 Å². The van der Waals surface area contributed by atoms with Crippen molar-refractivity contribution in [3.63, 3.8) is 0 Å². The van der Waals surface area contributed by atoms with Gasteiger partial charge < -0.3 is 4.90 Å². The Balaban J connectivity index is 1.77. The molecule has 0 unspecified atom stereocenters. The Morgan fingerprint density at radius 3 is 2.67 bits per heavy atom. The highest BCUT2D eigenvalue weighted by molar-refractivity contribution is 9.10. The Morgan fingerprint density at radius 2 is 1.93 bits per heavy atom. The number of amides is 1. The number of fused-ring (bicyclic) bond motifs is 1. The number of thioether (sulfide) groups is 1. The van der Waals surface area contributed by atoms with Crippen molar-refractivity contribution in [2.75, 3.05) is 37.8 Å². The molecule has 0 bridgehead atoms. The number of hydrogen-bond acceptors (Lipinski definition) is 5. The lowest BCUT2D eigenvalue weighted by Gasteiger charge is -2.21. The van der Waals surface area contributed by atoms with Crippen molar-refractivity contribution in [1.82, 2.24) is 9.88 Å². The second-order valence-corrected chi connectivity index (χ2v) is 9.39. The van der Waals surface area contributed by atoms with Crippen molar-refractivity contribution in [2.24, 2.45) is 0 Å². The molecule has 7 heteroatoms. The second kappa shape index (κ2) is 9.68. The number of carbonyl (C=O) groups is 1. The highest BCUT2D eigenvalue weighted by Gasteiger charge is 2.20. The van der Waals surface area contributed by atoms with E-state index < -0.39 is 0 Å². The molecule has 0 radical (unpaired) electrons. The van der Waals surface area contributed by atoms with E-state index in [2.05, 4.69) is 26.9 Å². The minimum absolute atomic E-state index is 0.0979. The first kappa shape index (κ1) is 20.3. The summed E-state index contributed by atoms with van der Waals surface area (Å²) in [5.41, 5.74) is 0.930. The molecule has 1 heterocycles. The van der Waals surface area contributed by atoms with Crippen LogP contribution in [0, 0.1) is 0 Å². The molecule has 0 aliphatic rings. The van der Waals surface area contributed by atoms with Gasteiger partial charge in [0.1, 0.15) is 0 Å². The monoisotopic (exact) mass is 463 g/mol. The van der Waals surface area contributed by atoms with Crippen LogP contribution < -0.4 is 4.90 Å². The van der Waals surface area contributed by atoms with Crippen LogP contribution in [0.2, 0.25) is 0 Å². The quantitative estimate of drug-likeness (QED) is 0.433. The summed E-state index contributed by atoms with van der Waals surface area (Å²) in [6.07, 6.45) is 0.911. The molecular weight excluding hydrogens is 442 g/mol. The average molecular weight is 464 g/mol. The maximum atomic E-state index is 13.0. The molecule has 3 aromatic rings. The van der Waals surface area contributed by atoms with Crippen molar-refractivity contribution < 1.29 is 4.79 Å². The maximum Gasteiger partial charge on any atom is 0.239 e.